The van der Waals surface area contributed by atoms with Crippen LogP contribution in [0.5, 0.6) is 0 Å². The summed E-state index contributed by atoms with van der Waals surface area (Å²) in [5.74, 6) is 0. The average Bonchev–Trinajstić information content (AvgIpc) is 2.58. The Hall–Kier alpha value is -2.66. The summed E-state index contributed by atoms with van der Waals surface area (Å²) < 4.78 is 0. The molecule has 5 nitrogen and oxygen atoms in total. The monoisotopic (exact) mass is 280 g/mol. The highest BCUT2D eigenvalue weighted by molar-refractivity contribution is 5.83. The van der Waals surface area contributed by atoms with Crippen LogP contribution in [-0.2, 0) is 0 Å². The molecule has 5 heteroatoms. The first kappa shape index (κ1) is 14.7. The van der Waals surface area contributed by atoms with Gasteiger partial charge in [-0.3, -0.25) is 0 Å². The van der Waals surface area contributed by atoms with E-state index in [-0.39, 0.29) is 0 Å². The maximum Gasteiger partial charge on any atom is 0.116 e. The van der Waals surface area contributed by atoms with Crippen molar-refractivity contribution in [2.24, 2.45) is 0 Å². The molecule has 1 N–H and O–H groups in total. The molecule has 0 bridgehead atoms. The molecule has 0 fully saturated rings. The molecule has 106 valence electrons. The number of rotatable bonds is 2. The fourth-order valence-electron chi connectivity index (χ4n) is 2.18. The zero-order valence-corrected chi connectivity index (χ0v) is 11.9. The number of hydrogen-bond donors (Lipinski definition) is 1. The van der Waals surface area contributed by atoms with Gasteiger partial charge in [0.05, 0.1) is 6.20 Å². The highest BCUT2D eigenvalue weighted by Crippen LogP contribution is 2.32. The van der Waals surface area contributed by atoms with Gasteiger partial charge in [0, 0.05) is 12.7 Å². The molecular weight excluding hydrogens is 264 g/mol. The fraction of sp³-hybridized carbons (Fsp3) is 0.125. The van der Waals surface area contributed by atoms with Crippen LogP contribution in [0.3, 0.4) is 0 Å². The molecule has 2 aromatic carbocycles. The molecule has 0 spiro atoms. The van der Waals surface area contributed by atoms with E-state index >= 15 is 0 Å². The molecule has 3 aromatic rings. The normalized spacial score (nSPS) is 9.67. The average molecular weight is 280 g/mol. The molecule has 0 unspecified atom stereocenters. The van der Waals surface area contributed by atoms with E-state index in [1.165, 1.54) is 0 Å². The Morgan fingerprint density at radius 3 is 2.29 bits per heavy atom. The van der Waals surface area contributed by atoms with Gasteiger partial charge in [0.15, 0.2) is 0 Å². The lowest BCUT2D eigenvalue weighted by atomic mass is 9.94. The Bertz CT molecular complexity index is 687. The van der Waals surface area contributed by atoms with Crippen molar-refractivity contribution >= 4 is 0 Å². The molecule has 0 radical (unpaired) electrons. The minimum absolute atomic E-state index is 0.743. The topological polar surface area (TPSA) is 71.8 Å². The first-order chi connectivity index (χ1) is 10.4. The van der Waals surface area contributed by atoms with E-state index in [4.69, 9.17) is 5.11 Å². The van der Waals surface area contributed by atoms with E-state index in [9.17, 15) is 0 Å². The van der Waals surface area contributed by atoms with E-state index in [1.54, 1.807) is 6.20 Å². The molecule has 0 aliphatic rings. The highest BCUT2D eigenvalue weighted by Gasteiger charge is 2.11. The maximum atomic E-state index is 7.00. The van der Waals surface area contributed by atoms with Gasteiger partial charge in [0.1, 0.15) is 5.69 Å². The zero-order valence-electron chi connectivity index (χ0n) is 11.9. The van der Waals surface area contributed by atoms with E-state index in [0.717, 1.165) is 35.1 Å². The Labute approximate surface area is 123 Å². The van der Waals surface area contributed by atoms with Gasteiger partial charge in [-0.2, -0.15) is 0 Å². The predicted octanol–water partition coefficient (Wildman–Crippen LogP) is 2.52. The number of hydrogen-bond acceptors (Lipinski definition) is 5. The van der Waals surface area contributed by atoms with Gasteiger partial charge in [0.2, 0.25) is 0 Å². The lowest BCUT2D eigenvalue weighted by molar-refractivity contribution is 0.399. The quantitative estimate of drug-likeness (QED) is 0.781. The second-order valence-corrected chi connectivity index (χ2v) is 4.27. The summed E-state index contributed by atoms with van der Waals surface area (Å²) in [5, 5.41) is 22.0. The van der Waals surface area contributed by atoms with Crippen molar-refractivity contribution in [2.75, 3.05) is 7.11 Å². The van der Waals surface area contributed by atoms with Crippen molar-refractivity contribution in [1.29, 1.82) is 0 Å². The van der Waals surface area contributed by atoms with Gasteiger partial charge in [-0.05, 0) is 34.0 Å². The summed E-state index contributed by atoms with van der Waals surface area (Å²) >= 11 is 0. The molecular formula is C16H16N4O. The van der Waals surface area contributed by atoms with Crippen LogP contribution >= 0.6 is 0 Å². The molecule has 0 amide bonds. The molecule has 0 aliphatic heterocycles. The molecule has 3 rings (SSSR count). The van der Waals surface area contributed by atoms with E-state index in [0.29, 0.717) is 0 Å². The van der Waals surface area contributed by atoms with E-state index in [2.05, 4.69) is 51.8 Å². The van der Waals surface area contributed by atoms with Crippen LogP contribution < -0.4 is 0 Å². The smallest absolute Gasteiger partial charge is 0.116 e. The molecule has 1 heterocycles. The van der Waals surface area contributed by atoms with Crippen LogP contribution in [0.1, 0.15) is 5.56 Å². The van der Waals surface area contributed by atoms with E-state index < -0.39 is 0 Å². The minimum Gasteiger partial charge on any atom is -0.400 e. The SMILES string of the molecule is CO.Cc1cccc(-c2ccccc2)c1-c1cnnnn1. The standard InChI is InChI=1S/C15H12N4.CH4O/c1-11-6-5-9-13(12-7-3-2-4-8-12)15(11)14-10-16-18-19-17-14;1-2/h2-10H,1H3;2H,1H3. The third-order valence-electron chi connectivity index (χ3n) is 3.04. The number of aliphatic hydroxyl groups is 1. The van der Waals surface area contributed by atoms with Crippen molar-refractivity contribution in [3.8, 4) is 22.4 Å². The molecule has 0 atom stereocenters. The first-order valence-electron chi connectivity index (χ1n) is 6.47. The lowest BCUT2D eigenvalue weighted by Gasteiger charge is -2.11. The Balaban J connectivity index is 0.000000774. The van der Waals surface area contributed by atoms with Crippen LogP contribution in [0.4, 0.5) is 0 Å². The van der Waals surface area contributed by atoms with Gasteiger partial charge in [-0.1, -0.05) is 48.5 Å². The highest BCUT2D eigenvalue weighted by atomic mass is 16.2. The van der Waals surface area contributed by atoms with Crippen LogP contribution in [0, 0.1) is 6.92 Å². The van der Waals surface area contributed by atoms with Gasteiger partial charge in [-0.15, -0.1) is 10.2 Å². The third-order valence-corrected chi connectivity index (χ3v) is 3.04. The molecule has 21 heavy (non-hydrogen) atoms. The van der Waals surface area contributed by atoms with Crippen molar-refractivity contribution in [3.05, 3.63) is 60.3 Å². The zero-order chi connectivity index (χ0) is 15.1. The van der Waals surface area contributed by atoms with Gasteiger partial charge < -0.3 is 5.11 Å². The largest absolute Gasteiger partial charge is 0.400 e. The van der Waals surface area contributed by atoms with Crippen molar-refractivity contribution < 1.29 is 5.11 Å². The van der Waals surface area contributed by atoms with Crippen LogP contribution in [-0.4, -0.2) is 32.8 Å². The number of benzene rings is 2. The summed E-state index contributed by atoms with van der Waals surface area (Å²) in [6.07, 6.45) is 1.64. The Kier molecular flexibility index (Phi) is 5.06. The summed E-state index contributed by atoms with van der Waals surface area (Å²) in [4.78, 5) is 0. The first-order valence-corrected chi connectivity index (χ1v) is 6.47. The summed E-state index contributed by atoms with van der Waals surface area (Å²) in [6, 6.07) is 16.4. The fourth-order valence-corrected chi connectivity index (χ4v) is 2.18. The van der Waals surface area contributed by atoms with Gasteiger partial charge >= 0.3 is 0 Å². The number of aromatic nitrogens is 4. The predicted molar refractivity (Wildman–Crippen MR) is 81.4 cm³/mol. The van der Waals surface area contributed by atoms with Gasteiger partial charge in [0.25, 0.3) is 0 Å². The van der Waals surface area contributed by atoms with Gasteiger partial charge in [-0.25, -0.2) is 0 Å². The van der Waals surface area contributed by atoms with Crippen molar-refractivity contribution in [2.45, 2.75) is 6.92 Å². The molecule has 0 aliphatic carbocycles. The Morgan fingerprint density at radius 1 is 0.857 bits per heavy atom. The number of nitrogens with zero attached hydrogens (tertiary/aromatic N) is 4. The molecule has 0 saturated heterocycles. The van der Waals surface area contributed by atoms with Crippen LogP contribution in [0.2, 0.25) is 0 Å². The number of aliphatic hydroxyl groups excluding tert-OH is 1. The molecule has 0 saturated carbocycles. The third kappa shape index (κ3) is 3.27. The molecule has 1 aromatic heterocycles. The summed E-state index contributed by atoms with van der Waals surface area (Å²) in [5.41, 5.74) is 5.22. The van der Waals surface area contributed by atoms with E-state index in [1.807, 2.05) is 24.3 Å². The Morgan fingerprint density at radius 2 is 1.62 bits per heavy atom. The summed E-state index contributed by atoms with van der Waals surface area (Å²) in [7, 11) is 1.00. The van der Waals surface area contributed by atoms with Crippen molar-refractivity contribution in [3.63, 3.8) is 0 Å². The maximum absolute atomic E-state index is 7.00. The number of aryl methyl sites for hydroxylation is 1. The lowest BCUT2D eigenvalue weighted by Crippen LogP contribution is -1.96. The second-order valence-electron chi connectivity index (χ2n) is 4.27. The minimum atomic E-state index is 0.743. The van der Waals surface area contributed by atoms with Crippen molar-refractivity contribution in [1.82, 2.24) is 20.6 Å². The van der Waals surface area contributed by atoms with Crippen LogP contribution in [0.25, 0.3) is 22.4 Å². The second kappa shape index (κ2) is 7.21. The summed E-state index contributed by atoms with van der Waals surface area (Å²) in [6.45, 7) is 2.06. The van der Waals surface area contributed by atoms with Crippen LogP contribution in [0.15, 0.2) is 54.7 Å².